The van der Waals surface area contributed by atoms with Gasteiger partial charge in [0, 0.05) is 16.1 Å². The van der Waals surface area contributed by atoms with Gasteiger partial charge in [0.15, 0.2) is 49.9 Å². The quantitative estimate of drug-likeness (QED) is 0.144. The lowest BCUT2D eigenvalue weighted by molar-refractivity contribution is -0.0120. The first-order chi connectivity index (χ1) is 28.5. The van der Waals surface area contributed by atoms with E-state index in [9.17, 15) is 0 Å². The average Bonchev–Trinajstić information content (AvgIpc) is 2.80. The molecule has 0 aromatic carbocycles. The van der Waals surface area contributed by atoms with Crippen molar-refractivity contribution in [2.24, 2.45) is 37.9 Å². The van der Waals surface area contributed by atoms with Gasteiger partial charge in [-0.1, -0.05) is 152 Å². The van der Waals surface area contributed by atoms with E-state index in [1.54, 1.807) is 0 Å². The van der Waals surface area contributed by atoms with E-state index >= 15 is 0 Å². The largest absolute Gasteiger partial charge is 0.436 e. The summed E-state index contributed by atoms with van der Waals surface area (Å²) in [6.07, 6.45) is 0. The van der Waals surface area contributed by atoms with E-state index in [1.165, 1.54) is 0 Å². The normalized spacial score (nSPS) is 15.9. The first-order valence-electron chi connectivity index (χ1n) is 26.7. The van der Waals surface area contributed by atoms with Crippen LogP contribution >= 0.6 is 0 Å². The Kier molecular flexibility index (Phi) is 25.2. The van der Waals surface area contributed by atoms with Gasteiger partial charge in [-0.2, -0.15) is 0 Å². The van der Waals surface area contributed by atoms with E-state index in [0.717, 1.165) is 6.04 Å². The van der Waals surface area contributed by atoms with Crippen molar-refractivity contribution in [2.75, 3.05) is 0 Å². The molecule has 0 aliphatic carbocycles. The van der Waals surface area contributed by atoms with Crippen molar-refractivity contribution in [1.82, 2.24) is 0 Å². The Morgan fingerprint density at radius 3 is 0.603 bits per heavy atom. The van der Waals surface area contributed by atoms with E-state index in [4.69, 9.17) is 24.7 Å². The zero-order valence-electron chi connectivity index (χ0n) is 54.8. The van der Waals surface area contributed by atoms with Crippen LogP contribution in [-0.2, 0) is 24.7 Å². The van der Waals surface area contributed by atoms with Gasteiger partial charge in [0.25, 0.3) is 0 Å². The molecule has 0 aromatic heterocycles. The lowest BCUT2D eigenvalue weighted by Gasteiger charge is -2.67. The Hall–Kier alpha value is 1.71. The lowest BCUT2D eigenvalue weighted by atomic mass is 9.55. The van der Waals surface area contributed by atoms with E-state index in [0.29, 0.717) is 11.1 Å². The van der Waals surface area contributed by atoms with Crippen LogP contribution in [0.1, 0.15) is 152 Å². The molecule has 0 radical (unpaired) electrons. The predicted octanol–water partition coefficient (Wildman–Crippen LogP) is 20.5. The number of hydrogen-bond acceptors (Lipinski definition) is 6. The van der Waals surface area contributed by atoms with Crippen LogP contribution in [0.25, 0.3) is 0 Å². The molecule has 0 saturated carbocycles. The second-order valence-corrected chi connectivity index (χ2v) is 72.7. The maximum absolute atomic E-state index is 7.14. The smallest absolute Gasteiger partial charge is 0.322 e. The first-order valence-corrected chi connectivity index (χ1v) is 54.0. The molecule has 0 heterocycles. The van der Waals surface area contributed by atoms with Crippen LogP contribution in [0.4, 0.5) is 0 Å². The van der Waals surface area contributed by atoms with E-state index in [-0.39, 0.29) is 42.9 Å². The predicted molar refractivity (Wildman–Crippen MR) is 332 cm³/mol. The Bertz CT molecular complexity index is 1400. The molecule has 0 aliphatic rings. The highest BCUT2D eigenvalue weighted by Crippen LogP contribution is 2.73. The molecule has 0 fully saturated rings. The molecular weight excluding hydrogens is 985 g/mol. The second kappa shape index (κ2) is 23.1. The molecule has 0 saturated heterocycles. The van der Waals surface area contributed by atoms with Gasteiger partial charge in [-0.3, -0.25) is 0 Å². The molecule has 414 valence electrons. The molecule has 15 heteroatoms. The number of rotatable bonds is 16. The third kappa shape index (κ3) is 23.7. The molecule has 0 aliphatic heterocycles. The van der Waals surface area contributed by atoms with E-state index in [1.807, 2.05) is 0 Å². The van der Waals surface area contributed by atoms with Gasteiger partial charge in [0.2, 0.25) is 0 Å². The molecule has 0 bridgehead atoms. The van der Waals surface area contributed by atoms with Crippen molar-refractivity contribution in [1.29, 1.82) is 0 Å². The topological polar surface area (TPSA) is 55.4 Å². The van der Waals surface area contributed by atoms with Crippen LogP contribution in [-0.4, -0.2) is 75.6 Å². The summed E-state index contributed by atoms with van der Waals surface area (Å²) in [7, 11) is -17.4. The van der Waals surface area contributed by atoms with Crippen LogP contribution in [0.2, 0.25) is 153 Å². The zero-order valence-corrected chi connectivity index (χ0v) is 63.8. The minimum atomic E-state index is -2.58. The van der Waals surface area contributed by atoms with Gasteiger partial charge in [0.1, 0.15) is 0 Å². The van der Waals surface area contributed by atoms with Gasteiger partial charge < -0.3 is 24.7 Å². The first kappa shape index (κ1) is 74.0. The van der Waals surface area contributed by atoms with E-state index in [2.05, 4.69) is 283 Å². The third-order valence-corrected chi connectivity index (χ3v) is 45.8. The highest BCUT2D eigenvalue weighted by molar-refractivity contribution is 6.90. The molecule has 0 N–H and O–H groups in total. The van der Waals surface area contributed by atoms with E-state index < -0.39 is 75.6 Å². The maximum Gasteiger partial charge on any atom is 0.322 e. The highest BCUT2D eigenvalue weighted by atomic mass is 28.5. The minimum absolute atomic E-state index is 0.0550. The van der Waals surface area contributed by atoms with Crippen LogP contribution < -0.4 is 0 Å². The summed E-state index contributed by atoms with van der Waals surface area (Å²) in [5, 5.41) is -0.0550. The molecule has 68 heavy (non-hydrogen) atoms. The zero-order chi connectivity index (χ0) is 56.6. The van der Waals surface area contributed by atoms with Crippen molar-refractivity contribution >= 4 is 75.6 Å². The average molecular weight is 1120 g/mol. The Balaban J connectivity index is -0.000000936. The molecule has 6 nitrogen and oxygen atoms in total. The minimum Gasteiger partial charge on any atom is -0.436 e. The second-order valence-electron chi connectivity index (χ2n) is 34.2. The van der Waals surface area contributed by atoms with Crippen LogP contribution in [0.3, 0.4) is 0 Å². The summed E-state index contributed by atoms with van der Waals surface area (Å²) in [6, 6.07) is 1.04. The Labute approximate surface area is 440 Å². The van der Waals surface area contributed by atoms with Gasteiger partial charge >= 0.3 is 25.7 Å². The summed E-state index contributed by atoms with van der Waals surface area (Å²) < 4.78 is 41.8. The van der Waals surface area contributed by atoms with Crippen LogP contribution in [0, 0.1) is 37.9 Å². The molecule has 0 aromatic rings. The van der Waals surface area contributed by atoms with Gasteiger partial charge in [0.05, 0.1) is 0 Å². The number of hydrogen-bond donors (Lipinski definition) is 0. The molecule has 0 spiro atoms. The fourth-order valence-electron chi connectivity index (χ4n) is 15.1. The van der Waals surface area contributed by atoms with Gasteiger partial charge in [-0.25, -0.2) is 0 Å². The Morgan fingerprint density at radius 2 is 0.471 bits per heavy atom. The molecular formula is C53H130O6Si9. The summed E-state index contributed by atoms with van der Waals surface area (Å²) in [5.41, 5.74) is 1.82. The van der Waals surface area contributed by atoms with Crippen LogP contribution in [0.5, 0.6) is 0 Å². The van der Waals surface area contributed by atoms with Crippen molar-refractivity contribution < 1.29 is 24.7 Å². The van der Waals surface area contributed by atoms with Crippen molar-refractivity contribution in [3.8, 4) is 0 Å². The van der Waals surface area contributed by atoms with Crippen molar-refractivity contribution in [3.63, 3.8) is 0 Å². The van der Waals surface area contributed by atoms with Gasteiger partial charge in [-0.15, -0.1) is 0 Å². The summed E-state index contributed by atoms with van der Waals surface area (Å²) in [4.78, 5) is 0. The van der Waals surface area contributed by atoms with Crippen molar-refractivity contribution in [3.05, 3.63) is 0 Å². The summed E-state index contributed by atoms with van der Waals surface area (Å²) >= 11 is 0. The summed E-state index contributed by atoms with van der Waals surface area (Å²) in [6.45, 7) is 98.2. The third-order valence-electron chi connectivity index (χ3n) is 12.0. The Morgan fingerprint density at radius 1 is 0.279 bits per heavy atom. The monoisotopic (exact) mass is 1110 g/mol. The summed E-state index contributed by atoms with van der Waals surface area (Å²) in [5.74, 6) is 0. The fraction of sp³-hybridized carbons (Fsp3) is 1.00. The van der Waals surface area contributed by atoms with Crippen LogP contribution in [0.15, 0.2) is 0 Å². The SMILES string of the molecule is CC(C)(C)C(C(C)(C)C)(C(C)(C)C)[Si](C)(O[Si](C)(C)C)O[Si](C)(C)C.CC(C)(C)C(C(C)(C)C)[Si](C)(O[Si](C)(C)C)O[Si](C)(C)C.CC[Si](O[Si](C)(C)C)(O[Si](C)(C)C)C(C(C)(C)C)C(C)(C)C. The molecule has 0 rings (SSSR count). The lowest BCUT2D eigenvalue weighted by Crippen LogP contribution is -2.70. The maximum atomic E-state index is 7.14. The molecule has 0 unspecified atom stereocenters. The molecule has 0 atom stereocenters. The van der Waals surface area contributed by atoms with Gasteiger partial charge in [-0.05, 0) is 175 Å². The molecule has 0 amide bonds. The highest BCUT2D eigenvalue weighted by Gasteiger charge is 2.71. The van der Waals surface area contributed by atoms with Crippen molar-refractivity contribution in [2.45, 2.75) is 305 Å². The standard InChI is InChI=1S/C20H48O2Si3.C17H42O2Si3.C16H40O2Si3/c1-17(2,3)20(18(4,5)6,19(7,8)9)25(16,21-23(10,11)12)22-24(13,14)15;1-14-22(18-20(8,9)10,19-21(11,12)13)15(16(2,3)4)17(5,6)7;1-15(2,3)14(16(4,5)6)21(13,17-19(7,8)9)18-20(10,11)12/h1-16H3;15H,14H2,1-13H3;14H,1-13H3. The fourth-order valence-corrected chi connectivity index (χ4v) is 58.7.